The predicted molar refractivity (Wildman–Crippen MR) is 157 cm³/mol. The maximum Gasteiger partial charge on any atom is 0.122 e. The van der Waals surface area contributed by atoms with Gasteiger partial charge in [-0.2, -0.15) is 0 Å². The van der Waals surface area contributed by atoms with Crippen molar-refractivity contribution in [3.8, 4) is 22.6 Å². The van der Waals surface area contributed by atoms with Crippen molar-refractivity contribution in [2.24, 2.45) is 0 Å². The van der Waals surface area contributed by atoms with Crippen LogP contribution < -0.4 is 9.47 Å². The highest BCUT2D eigenvalue weighted by molar-refractivity contribution is 5.86. The molecular weight excluding hydrogens is 484 g/mol. The Morgan fingerprint density at radius 1 is 0.538 bits per heavy atom. The van der Waals surface area contributed by atoms with Gasteiger partial charge in [-0.15, -0.1) is 0 Å². The normalized spacial score (nSPS) is 13.1. The predicted octanol–water partition coefficient (Wildman–Crippen LogP) is 7.50. The van der Waals surface area contributed by atoms with Crippen LogP contribution in [0.15, 0.2) is 84.9 Å². The molecule has 0 radical (unpaired) electrons. The monoisotopic (exact) mass is 522 g/mol. The number of hydrogen-bond acceptors (Lipinski definition) is 4. The minimum atomic E-state index is -0.462. The molecule has 0 unspecified atom stereocenters. The molecule has 5 rings (SSSR count). The van der Waals surface area contributed by atoms with E-state index in [1.807, 2.05) is 13.8 Å². The Morgan fingerprint density at radius 3 is 1.38 bits per heavy atom. The van der Waals surface area contributed by atoms with Crippen molar-refractivity contribution in [2.45, 2.75) is 33.1 Å². The number of benzene rings is 4. The van der Waals surface area contributed by atoms with E-state index < -0.39 is 5.41 Å². The molecule has 1 aliphatic carbocycles. The lowest BCUT2D eigenvalue weighted by atomic mass is 9.67. The fourth-order valence-corrected chi connectivity index (χ4v) is 5.82. The fourth-order valence-electron chi connectivity index (χ4n) is 5.82. The summed E-state index contributed by atoms with van der Waals surface area (Å²) >= 11 is 0. The molecule has 0 saturated heterocycles. The molecular formula is C35H38O4. The van der Waals surface area contributed by atoms with Crippen molar-refractivity contribution in [1.29, 1.82) is 0 Å². The molecule has 0 N–H and O–H groups in total. The maximum atomic E-state index is 6.07. The van der Waals surface area contributed by atoms with Gasteiger partial charge in [-0.3, -0.25) is 0 Å². The third-order valence-corrected chi connectivity index (χ3v) is 7.55. The Hall–Kier alpha value is -3.60. The van der Waals surface area contributed by atoms with Crippen LogP contribution in [0.25, 0.3) is 11.1 Å². The van der Waals surface area contributed by atoms with Gasteiger partial charge >= 0.3 is 0 Å². The molecule has 1 aliphatic rings. The SMILES string of the molecule is CCOCCOc1ccc(C2(c3ccc(OCCOCC)c(C)c3)c3ccccc3-c3ccccc32)cc1C. The average molecular weight is 523 g/mol. The van der Waals surface area contributed by atoms with E-state index in [4.69, 9.17) is 18.9 Å². The Labute approximate surface area is 232 Å². The van der Waals surface area contributed by atoms with Gasteiger partial charge in [0.15, 0.2) is 0 Å². The lowest BCUT2D eigenvalue weighted by Gasteiger charge is -2.34. The highest BCUT2D eigenvalue weighted by Gasteiger charge is 2.46. The summed E-state index contributed by atoms with van der Waals surface area (Å²) in [6, 6.07) is 30.8. The van der Waals surface area contributed by atoms with Gasteiger partial charge in [0.1, 0.15) is 24.7 Å². The molecule has 0 spiro atoms. The summed E-state index contributed by atoms with van der Waals surface area (Å²) in [5.41, 5.74) is 9.33. The molecule has 4 heteroatoms. The van der Waals surface area contributed by atoms with Gasteiger partial charge in [0.2, 0.25) is 0 Å². The van der Waals surface area contributed by atoms with Crippen LogP contribution in [-0.4, -0.2) is 39.6 Å². The topological polar surface area (TPSA) is 36.9 Å². The largest absolute Gasteiger partial charge is 0.491 e. The van der Waals surface area contributed by atoms with Gasteiger partial charge in [0.05, 0.1) is 18.6 Å². The molecule has 0 bridgehead atoms. The third kappa shape index (κ3) is 5.07. The van der Waals surface area contributed by atoms with Gasteiger partial charge in [0.25, 0.3) is 0 Å². The Balaban J connectivity index is 1.64. The summed E-state index contributed by atoms with van der Waals surface area (Å²) in [5.74, 6) is 1.78. The summed E-state index contributed by atoms with van der Waals surface area (Å²) < 4.78 is 23.1. The lowest BCUT2D eigenvalue weighted by Crippen LogP contribution is -2.29. The van der Waals surface area contributed by atoms with Crippen LogP contribution >= 0.6 is 0 Å². The molecule has 0 saturated carbocycles. The van der Waals surface area contributed by atoms with Crippen molar-refractivity contribution < 1.29 is 18.9 Å². The summed E-state index contributed by atoms with van der Waals surface area (Å²) in [7, 11) is 0. The lowest BCUT2D eigenvalue weighted by molar-refractivity contribution is 0.110. The first-order chi connectivity index (χ1) is 19.1. The van der Waals surface area contributed by atoms with Crippen molar-refractivity contribution in [3.05, 3.63) is 118 Å². The van der Waals surface area contributed by atoms with Crippen LogP contribution in [-0.2, 0) is 14.9 Å². The van der Waals surface area contributed by atoms with Gasteiger partial charge < -0.3 is 18.9 Å². The van der Waals surface area contributed by atoms with Gasteiger partial charge in [-0.25, -0.2) is 0 Å². The molecule has 0 aromatic heterocycles. The van der Waals surface area contributed by atoms with Crippen molar-refractivity contribution in [3.63, 3.8) is 0 Å². The fraction of sp³-hybridized carbons (Fsp3) is 0.314. The second kappa shape index (κ2) is 12.1. The molecule has 0 amide bonds. The Kier molecular flexibility index (Phi) is 8.35. The third-order valence-electron chi connectivity index (χ3n) is 7.55. The van der Waals surface area contributed by atoms with Crippen LogP contribution in [0, 0.1) is 13.8 Å². The van der Waals surface area contributed by atoms with E-state index >= 15 is 0 Å². The van der Waals surface area contributed by atoms with Crippen molar-refractivity contribution in [1.82, 2.24) is 0 Å². The van der Waals surface area contributed by atoms with Crippen molar-refractivity contribution >= 4 is 0 Å². The van der Waals surface area contributed by atoms with Gasteiger partial charge in [-0.05, 0) is 84.3 Å². The molecule has 202 valence electrons. The van der Waals surface area contributed by atoms with E-state index in [0.29, 0.717) is 39.6 Å². The van der Waals surface area contributed by atoms with Crippen LogP contribution in [0.1, 0.15) is 47.2 Å². The molecule has 0 fully saturated rings. The standard InChI is InChI=1S/C35H38O4/c1-5-36-19-21-38-33-17-15-27(23-25(33)3)35(28-16-18-34(26(4)24-28)39-22-20-37-6-2)31-13-9-7-11-29(31)30-12-8-10-14-32(30)35/h7-18,23-24H,5-6,19-22H2,1-4H3. The van der Waals surface area contributed by atoms with Crippen LogP contribution in [0.2, 0.25) is 0 Å². The molecule has 4 aromatic rings. The number of aryl methyl sites for hydroxylation is 2. The Morgan fingerprint density at radius 2 is 0.974 bits per heavy atom. The first-order valence-corrected chi connectivity index (χ1v) is 13.9. The van der Waals surface area contributed by atoms with Gasteiger partial charge in [-0.1, -0.05) is 72.8 Å². The molecule has 0 aliphatic heterocycles. The second-order valence-electron chi connectivity index (χ2n) is 9.89. The first kappa shape index (κ1) is 27.0. The minimum Gasteiger partial charge on any atom is -0.491 e. The van der Waals surface area contributed by atoms with E-state index in [0.717, 1.165) is 22.6 Å². The molecule has 39 heavy (non-hydrogen) atoms. The number of hydrogen-bond donors (Lipinski definition) is 0. The summed E-state index contributed by atoms with van der Waals surface area (Å²) in [6.07, 6.45) is 0. The van der Waals surface area contributed by atoms with E-state index in [-0.39, 0.29) is 0 Å². The van der Waals surface area contributed by atoms with Gasteiger partial charge in [0, 0.05) is 13.2 Å². The molecule has 4 aromatic carbocycles. The number of ether oxygens (including phenoxy) is 4. The maximum absolute atomic E-state index is 6.07. The highest BCUT2D eigenvalue weighted by Crippen LogP contribution is 2.56. The zero-order chi connectivity index (χ0) is 27.2. The second-order valence-corrected chi connectivity index (χ2v) is 9.89. The summed E-state index contributed by atoms with van der Waals surface area (Å²) in [5, 5.41) is 0. The first-order valence-electron chi connectivity index (χ1n) is 13.9. The van der Waals surface area contributed by atoms with Crippen molar-refractivity contribution in [2.75, 3.05) is 39.6 Å². The van der Waals surface area contributed by atoms with E-state index in [2.05, 4.69) is 98.8 Å². The van der Waals surface area contributed by atoms with E-state index in [1.165, 1.54) is 33.4 Å². The quantitative estimate of drug-likeness (QED) is 0.159. The zero-order valence-electron chi connectivity index (χ0n) is 23.5. The molecule has 0 atom stereocenters. The zero-order valence-corrected chi connectivity index (χ0v) is 23.5. The molecule has 4 nitrogen and oxygen atoms in total. The van der Waals surface area contributed by atoms with E-state index in [1.54, 1.807) is 0 Å². The van der Waals surface area contributed by atoms with E-state index in [9.17, 15) is 0 Å². The highest BCUT2D eigenvalue weighted by atomic mass is 16.5. The average Bonchev–Trinajstić information content (AvgIpc) is 3.26. The number of rotatable bonds is 12. The smallest absolute Gasteiger partial charge is 0.122 e. The van der Waals surface area contributed by atoms with Crippen LogP contribution in [0.3, 0.4) is 0 Å². The molecule has 0 heterocycles. The summed E-state index contributed by atoms with van der Waals surface area (Å²) in [6.45, 7) is 11.9. The Bertz CT molecular complexity index is 1320. The minimum absolute atomic E-state index is 0.462. The van der Waals surface area contributed by atoms with Crippen LogP contribution in [0.5, 0.6) is 11.5 Å². The number of fused-ring (bicyclic) bond motifs is 3. The van der Waals surface area contributed by atoms with Crippen LogP contribution in [0.4, 0.5) is 0 Å². The summed E-state index contributed by atoms with van der Waals surface area (Å²) in [4.78, 5) is 0.